The van der Waals surface area contributed by atoms with Crippen molar-refractivity contribution in [3.8, 4) is 0 Å². The number of aliphatic hydroxyl groups excluding tert-OH is 33. The molecule has 0 spiro atoms. The van der Waals surface area contributed by atoms with Gasteiger partial charge in [0.1, 0.15) is 268 Å². The predicted octanol–water partition coefficient (Wildman–Crippen LogP) is -24.7. The second-order valence-corrected chi connectivity index (χ2v) is 32.3. The van der Waals surface area contributed by atoms with Gasteiger partial charge >= 0.3 is 0 Å². The summed E-state index contributed by atoms with van der Waals surface area (Å²) in [5.74, 6) is -1.82. The number of hydrogen-bond donors (Lipinski definition) is 35. The molecule has 11 aliphatic heterocycles. The SMILES string of the molecule is CC(=O)N[C@@H]1[C@@H](O)[C@H](O[C@@H]2O[C@H](CO)[C@@H](O[C@@H]3O[C@H](CO[C@H]4O[C@H](CO[C@H]5O[C@H](CO)[C@@H](O)[C@H](O)[C@@H]5O[C@H]5O[C@H](CO)[C@@H](O)[C@H](O)[C@@H]5O)[C@@H](O)[C@H](O[C@H]5O[C@H](CO)[C@@H](O)[C@H](O)[C@@H]5O)[C@@H]4O)[C@@H](O)[C@H](O[C@H]4O[C@H](CO)[C@@H](O)[C@H](O)[C@@H]4O[C@H]4O[C@H](CO)[C@@H](O)[C@H](O)[C@@H]4O[C@H]4O[C@H](CO)[C@@H](O)[C@H](O[C@H]5O[C@H](CO)[C@@H](O)[C@H](O)[C@@H]5O)[C@@H]4O)[C@@H]3O)[C@H](O)[C@H]2NC(C)=O)[C@@H](CO)O[C@H]1O. The minimum atomic E-state index is -2.69. The van der Waals surface area contributed by atoms with Gasteiger partial charge in [-0.05, 0) is 0 Å². The van der Waals surface area contributed by atoms with Crippen LogP contribution in [0.15, 0.2) is 0 Å². The van der Waals surface area contributed by atoms with Gasteiger partial charge in [-0.2, -0.15) is 0 Å². The Morgan fingerprint density at radius 1 is 0.203 bits per heavy atom. The van der Waals surface area contributed by atoms with E-state index >= 15 is 0 Å². The molecule has 2 amide bonds. The lowest BCUT2D eigenvalue weighted by Gasteiger charge is -2.51. The predicted molar refractivity (Wildman–Crippen MR) is 386 cm³/mol. The van der Waals surface area contributed by atoms with Crippen molar-refractivity contribution in [2.24, 2.45) is 0 Å². The zero-order chi connectivity index (χ0) is 94.0. The molecule has 0 aliphatic carbocycles. The van der Waals surface area contributed by atoms with E-state index in [1.54, 1.807) is 0 Å². The van der Waals surface area contributed by atoms with Crippen LogP contribution in [0, 0.1) is 0 Å². The third kappa shape index (κ3) is 22.5. The Kier molecular flexibility index (Phi) is 37.7. The Morgan fingerprint density at radius 2 is 0.430 bits per heavy atom. The molecule has 0 aromatic heterocycles. The number of carbonyl (C=O) groups excluding carboxylic acids is 2. The first kappa shape index (κ1) is 105. The van der Waals surface area contributed by atoms with Gasteiger partial charge in [-0.15, -0.1) is 0 Å². The van der Waals surface area contributed by atoms with E-state index in [1.165, 1.54) is 0 Å². The summed E-state index contributed by atoms with van der Waals surface area (Å²) < 4.78 is 123. The lowest BCUT2D eigenvalue weighted by molar-refractivity contribution is -0.411. The minimum absolute atomic E-state index is 0.822. The van der Waals surface area contributed by atoms with Crippen molar-refractivity contribution >= 4 is 11.8 Å². The van der Waals surface area contributed by atoms with Gasteiger partial charge in [0.2, 0.25) is 11.8 Å². The molecule has 0 radical (unpaired) electrons. The van der Waals surface area contributed by atoms with Gasteiger partial charge in [-0.1, -0.05) is 0 Å². The summed E-state index contributed by atoms with van der Waals surface area (Å²) in [6.07, 6.45) is -116. The Bertz CT molecular complexity index is 3380. The van der Waals surface area contributed by atoms with Gasteiger partial charge in [0.15, 0.2) is 69.2 Å². The van der Waals surface area contributed by atoms with E-state index in [4.69, 9.17) is 99.5 Å². The zero-order valence-electron chi connectivity index (χ0n) is 67.7. The molecule has 58 nitrogen and oxygen atoms in total. The summed E-state index contributed by atoms with van der Waals surface area (Å²) in [7, 11) is 0. The van der Waals surface area contributed by atoms with Crippen molar-refractivity contribution in [1.82, 2.24) is 10.6 Å². The van der Waals surface area contributed by atoms with E-state index in [9.17, 15) is 178 Å². The Balaban J connectivity index is 0.934. The standard InChI is InChI=1S/C70H118N2O56/c1-14(82)71-27-38(93)52(23(10-80)110-60(27)107)121-61-28(72-15(2)83)39(94)53(24(11-81)118-61)122-67-51(106)56(125-69-59(45(100)34(89)20(7-77)116-69)128-70-58(44(99)33(88)21(8-78)117-70)127-66-50(105)54(35(90)22(9-79)114-66)123-63-46(101)40(95)29(84)16(3-73)111-63)37(92)26(120-67)12-108-62-49(104)55(124-64-47(102)41(96)30(85)17(4-74)112-64)36(91)25(119-62)13-109-68-57(43(98)32(87)19(6-76)115-68)126-65-48(103)42(97)31(86)18(5-75)113-65/h16-70,73-81,84-107H,3-13H2,1-2H3,(H,71,82)(H,72,83)/t16-,17-,18-,19-,20-,21-,22-,23-,24-,25-,26-,27-,28-,29-,30-,31-,32-,33-,34-,35-,36-,37-,38-,39-,40+,41+,42+,43+,44+,45+,46+,47+,48+,49+,50+,51+,52-,53-,54+,55+,56+,57+,58+,59+,60-,61+,62+,63-,64-,65-,66-,67+,68+,69-,70-/m1/s1. The third-order valence-corrected chi connectivity index (χ3v) is 23.8. The van der Waals surface area contributed by atoms with Gasteiger partial charge in [-0.25, -0.2) is 0 Å². The van der Waals surface area contributed by atoms with Crippen molar-refractivity contribution in [3.63, 3.8) is 0 Å². The number of aliphatic hydroxyl groups is 33. The highest BCUT2D eigenvalue weighted by Crippen LogP contribution is 2.42. The Hall–Kier alpha value is -3.22. The van der Waals surface area contributed by atoms with Crippen molar-refractivity contribution in [3.05, 3.63) is 0 Å². The van der Waals surface area contributed by atoms with Crippen molar-refractivity contribution < 1.29 is 278 Å². The van der Waals surface area contributed by atoms with Crippen LogP contribution in [0.2, 0.25) is 0 Å². The molecule has 11 heterocycles. The van der Waals surface area contributed by atoms with Gasteiger partial charge in [0.25, 0.3) is 0 Å². The summed E-state index contributed by atoms with van der Waals surface area (Å²) >= 11 is 0. The normalized spacial score (nSPS) is 51.7. The van der Waals surface area contributed by atoms with E-state index in [0.29, 0.717) is 0 Å². The molecule has 744 valence electrons. The second kappa shape index (κ2) is 45.8. The smallest absolute Gasteiger partial charge is 0.217 e. The Morgan fingerprint density at radius 3 is 0.797 bits per heavy atom. The average molecular weight is 1880 g/mol. The fraction of sp³-hybridized carbons (Fsp3) is 0.971. The number of carbonyl (C=O) groups is 2. The summed E-state index contributed by atoms with van der Waals surface area (Å²) in [6, 6.07) is -3.70. The monoisotopic (exact) mass is 1880 g/mol. The number of rotatable bonds is 33. The number of amides is 2. The molecule has 0 aromatic carbocycles. The molecule has 11 saturated heterocycles. The minimum Gasteiger partial charge on any atom is -0.394 e. The molecule has 55 atom stereocenters. The van der Waals surface area contributed by atoms with Gasteiger partial charge < -0.3 is 279 Å². The zero-order valence-corrected chi connectivity index (χ0v) is 67.7. The van der Waals surface area contributed by atoms with Crippen LogP contribution in [0.4, 0.5) is 0 Å². The molecular weight excluding hydrogens is 1760 g/mol. The largest absolute Gasteiger partial charge is 0.394 e. The maximum Gasteiger partial charge on any atom is 0.217 e. The highest BCUT2D eigenvalue weighted by molar-refractivity contribution is 5.73. The molecule has 128 heavy (non-hydrogen) atoms. The maximum absolute atomic E-state index is 13.1. The molecule has 58 heteroatoms. The summed E-state index contributed by atoms with van der Waals surface area (Å²) in [5.41, 5.74) is 0. The molecule has 0 bridgehead atoms. The fourth-order valence-corrected chi connectivity index (χ4v) is 16.5. The van der Waals surface area contributed by atoms with E-state index in [0.717, 1.165) is 13.8 Å². The summed E-state index contributed by atoms with van der Waals surface area (Å²) in [5, 5.41) is 372. The quantitative estimate of drug-likeness (QED) is 0.0290. The van der Waals surface area contributed by atoms with Crippen molar-refractivity contribution in [2.75, 3.05) is 72.7 Å². The van der Waals surface area contributed by atoms with Crippen LogP contribution in [0.3, 0.4) is 0 Å². The maximum atomic E-state index is 13.1. The molecular formula is C70H118N2O56. The first-order valence-corrected chi connectivity index (χ1v) is 40.7. The second-order valence-electron chi connectivity index (χ2n) is 32.3. The molecule has 11 fully saturated rings. The number of hydrogen-bond acceptors (Lipinski definition) is 56. The van der Waals surface area contributed by atoms with E-state index < -0.39 is 422 Å². The topological polar surface area (TPSA) is 920 Å². The van der Waals surface area contributed by atoms with Gasteiger partial charge in [0, 0.05) is 13.8 Å². The molecule has 0 aromatic rings. The first-order chi connectivity index (χ1) is 60.7. The van der Waals surface area contributed by atoms with E-state index in [1.807, 2.05) is 0 Å². The third-order valence-electron chi connectivity index (χ3n) is 23.8. The summed E-state index contributed by atoms with van der Waals surface area (Å²) in [4.78, 5) is 25.3. The van der Waals surface area contributed by atoms with Crippen LogP contribution in [-0.4, -0.2) is 591 Å². The van der Waals surface area contributed by atoms with Crippen LogP contribution in [0.1, 0.15) is 13.8 Å². The lowest BCUT2D eigenvalue weighted by Crippen LogP contribution is -2.70. The van der Waals surface area contributed by atoms with Gasteiger partial charge in [0.05, 0.1) is 72.7 Å². The molecule has 0 unspecified atom stereocenters. The van der Waals surface area contributed by atoms with Crippen LogP contribution in [-0.2, 0) is 109 Å². The number of ether oxygens (including phenoxy) is 21. The lowest BCUT2D eigenvalue weighted by atomic mass is 9.94. The fourth-order valence-electron chi connectivity index (χ4n) is 16.5. The Labute approximate surface area is 722 Å². The van der Waals surface area contributed by atoms with E-state index in [2.05, 4.69) is 10.6 Å². The van der Waals surface area contributed by atoms with Crippen molar-refractivity contribution in [2.45, 2.75) is 351 Å². The highest BCUT2D eigenvalue weighted by atomic mass is 16.8. The molecule has 0 saturated carbocycles. The van der Waals surface area contributed by atoms with Crippen LogP contribution in [0.25, 0.3) is 0 Å². The molecule has 11 aliphatic rings. The first-order valence-electron chi connectivity index (χ1n) is 40.7. The van der Waals surface area contributed by atoms with Crippen LogP contribution in [0.5, 0.6) is 0 Å². The average Bonchev–Trinajstić information content (AvgIpc) is 0.760. The van der Waals surface area contributed by atoms with Crippen molar-refractivity contribution in [1.29, 1.82) is 0 Å². The van der Waals surface area contributed by atoms with Gasteiger partial charge in [-0.3, -0.25) is 9.59 Å². The molecule has 11 rings (SSSR count). The highest BCUT2D eigenvalue weighted by Gasteiger charge is 2.62. The van der Waals surface area contributed by atoms with Crippen LogP contribution < -0.4 is 10.6 Å². The van der Waals surface area contributed by atoms with E-state index in [-0.39, 0.29) is 0 Å². The van der Waals surface area contributed by atoms with Crippen LogP contribution >= 0.6 is 0 Å². The number of nitrogens with one attached hydrogen (secondary N) is 2. The summed E-state index contributed by atoms with van der Waals surface area (Å²) in [6.45, 7) is -10.7. The molecule has 35 N–H and O–H groups in total.